The summed E-state index contributed by atoms with van der Waals surface area (Å²) in [6.45, 7) is 6.87. The zero-order chi connectivity index (χ0) is 12.8. The van der Waals surface area contributed by atoms with Crippen molar-refractivity contribution in [2.75, 3.05) is 12.3 Å². The van der Waals surface area contributed by atoms with Gasteiger partial charge in [0.25, 0.3) is 0 Å². The first-order chi connectivity index (χ1) is 7.03. The minimum atomic E-state index is -3.29. The first-order valence-corrected chi connectivity index (χ1v) is 6.88. The fourth-order valence-electron chi connectivity index (χ4n) is 1.84. The molecule has 1 fully saturated rings. The van der Waals surface area contributed by atoms with E-state index in [4.69, 9.17) is 0 Å². The molecule has 0 aromatic carbocycles. The molecule has 1 saturated heterocycles. The Morgan fingerprint density at radius 2 is 1.75 bits per heavy atom. The van der Waals surface area contributed by atoms with E-state index in [1.807, 2.05) is 0 Å². The smallest absolute Gasteiger partial charge is 0.310 e. The van der Waals surface area contributed by atoms with E-state index in [2.05, 4.69) is 0 Å². The van der Waals surface area contributed by atoms with Crippen LogP contribution in [0.5, 0.6) is 0 Å². The van der Waals surface area contributed by atoms with Gasteiger partial charge in [-0.1, -0.05) is 0 Å². The van der Waals surface area contributed by atoms with Crippen LogP contribution in [0.2, 0.25) is 0 Å². The molecule has 1 aliphatic heterocycles. The highest BCUT2D eigenvalue weighted by molar-refractivity contribution is 7.89. The lowest BCUT2D eigenvalue weighted by atomic mass is 9.74. The van der Waals surface area contributed by atoms with Gasteiger partial charge in [0.05, 0.1) is 11.2 Å². The minimum Gasteiger partial charge on any atom is -0.481 e. The van der Waals surface area contributed by atoms with E-state index in [-0.39, 0.29) is 5.75 Å². The molecule has 16 heavy (non-hydrogen) atoms. The van der Waals surface area contributed by atoms with Crippen molar-refractivity contribution in [1.82, 2.24) is 4.31 Å². The first kappa shape index (κ1) is 13.4. The Labute approximate surface area is 96.5 Å². The van der Waals surface area contributed by atoms with Gasteiger partial charge in [-0.05, 0) is 34.1 Å². The number of sulfonamides is 1. The summed E-state index contributed by atoms with van der Waals surface area (Å²) >= 11 is 0. The maximum Gasteiger partial charge on any atom is 0.310 e. The molecule has 0 aromatic heterocycles. The summed E-state index contributed by atoms with van der Waals surface area (Å²) in [6, 6.07) is 0. The van der Waals surface area contributed by atoms with Crippen LogP contribution in [-0.4, -0.2) is 41.6 Å². The molecule has 6 heteroatoms. The standard InChI is InChI=1S/C10H19NO4S/c1-9(2,8(12)13)10(3,4)11-6-5-7-16(11,14)15/h5-7H2,1-4H3,(H,12,13). The predicted molar refractivity (Wildman–Crippen MR) is 60.6 cm³/mol. The van der Waals surface area contributed by atoms with Crippen molar-refractivity contribution in [1.29, 1.82) is 0 Å². The molecule has 1 heterocycles. The van der Waals surface area contributed by atoms with Gasteiger partial charge in [-0.3, -0.25) is 4.79 Å². The van der Waals surface area contributed by atoms with Crippen LogP contribution in [0.4, 0.5) is 0 Å². The van der Waals surface area contributed by atoms with E-state index >= 15 is 0 Å². The van der Waals surface area contributed by atoms with Gasteiger partial charge < -0.3 is 5.11 Å². The summed E-state index contributed by atoms with van der Waals surface area (Å²) in [7, 11) is -3.29. The average Bonchev–Trinajstić information content (AvgIpc) is 2.44. The van der Waals surface area contributed by atoms with Crippen molar-refractivity contribution < 1.29 is 18.3 Å². The Bertz CT molecular complexity index is 397. The van der Waals surface area contributed by atoms with Crippen LogP contribution in [0.25, 0.3) is 0 Å². The highest BCUT2D eigenvalue weighted by Gasteiger charge is 2.52. The van der Waals surface area contributed by atoms with Crippen molar-refractivity contribution in [3.05, 3.63) is 0 Å². The minimum absolute atomic E-state index is 0.117. The zero-order valence-corrected chi connectivity index (χ0v) is 11.0. The van der Waals surface area contributed by atoms with E-state index in [1.165, 1.54) is 4.31 Å². The number of aliphatic carboxylic acids is 1. The maximum absolute atomic E-state index is 11.8. The van der Waals surface area contributed by atoms with Crippen molar-refractivity contribution in [2.45, 2.75) is 39.7 Å². The Morgan fingerprint density at radius 1 is 1.25 bits per heavy atom. The molecular formula is C10H19NO4S. The molecule has 0 saturated carbocycles. The number of carbonyl (C=O) groups is 1. The topological polar surface area (TPSA) is 74.7 Å². The van der Waals surface area contributed by atoms with Crippen LogP contribution in [-0.2, 0) is 14.8 Å². The molecular weight excluding hydrogens is 230 g/mol. The van der Waals surface area contributed by atoms with E-state index < -0.39 is 26.9 Å². The monoisotopic (exact) mass is 249 g/mol. The molecule has 94 valence electrons. The van der Waals surface area contributed by atoms with Crippen LogP contribution < -0.4 is 0 Å². The summed E-state index contributed by atoms with van der Waals surface area (Å²) in [5.41, 5.74) is -2.04. The second kappa shape index (κ2) is 3.70. The summed E-state index contributed by atoms with van der Waals surface area (Å²) < 4.78 is 24.9. The Morgan fingerprint density at radius 3 is 2.06 bits per heavy atom. The molecule has 1 aliphatic rings. The van der Waals surface area contributed by atoms with Gasteiger partial charge in [0.2, 0.25) is 10.0 Å². The molecule has 0 bridgehead atoms. The van der Waals surface area contributed by atoms with Crippen LogP contribution in [0.15, 0.2) is 0 Å². The van der Waals surface area contributed by atoms with Crippen LogP contribution in [0.1, 0.15) is 34.1 Å². The van der Waals surface area contributed by atoms with Gasteiger partial charge in [-0.2, -0.15) is 4.31 Å². The Hall–Kier alpha value is -0.620. The van der Waals surface area contributed by atoms with Gasteiger partial charge in [0.15, 0.2) is 0 Å². The normalized spacial score (nSPS) is 22.2. The molecule has 1 N–H and O–H groups in total. The SMILES string of the molecule is CC(C)(C(=O)O)C(C)(C)N1CCCS1(=O)=O. The van der Waals surface area contributed by atoms with Crippen LogP contribution in [0.3, 0.4) is 0 Å². The third kappa shape index (κ3) is 1.84. The highest BCUT2D eigenvalue weighted by Crippen LogP contribution is 2.39. The predicted octanol–water partition coefficient (Wildman–Crippen LogP) is 0.911. The summed E-state index contributed by atoms with van der Waals surface area (Å²) in [5.74, 6) is -0.869. The molecule has 0 amide bonds. The summed E-state index contributed by atoms with van der Waals surface area (Å²) in [4.78, 5) is 11.2. The molecule has 0 unspecified atom stereocenters. The van der Waals surface area contributed by atoms with Crippen molar-refractivity contribution in [3.8, 4) is 0 Å². The van der Waals surface area contributed by atoms with E-state index in [9.17, 15) is 18.3 Å². The fraction of sp³-hybridized carbons (Fsp3) is 0.900. The van der Waals surface area contributed by atoms with Gasteiger partial charge in [0, 0.05) is 12.1 Å². The number of rotatable bonds is 3. The van der Waals surface area contributed by atoms with Crippen molar-refractivity contribution >= 4 is 16.0 Å². The second-order valence-corrected chi connectivity index (χ2v) is 7.24. The van der Waals surface area contributed by atoms with Crippen LogP contribution >= 0.6 is 0 Å². The molecule has 0 aliphatic carbocycles. The Kier molecular flexibility index (Phi) is 3.11. The highest BCUT2D eigenvalue weighted by atomic mass is 32.2. The van der Waals surface area contributed by atoms with Crippen LogP contribution in [0, 0.1) is 5.41 Å². The molecule has 0 radical (unpaired) electrons. The average molecular weight is 249 g/mol. The lowest BCUT2D eigenvalue weighted by molar-refractivity contribution is -0.153. The molecule has 5 nitrogen and oxygen atoms in total. The second-order valence-electron chi connectivity index (χ2n) is 5.23. The number of carboxylic acid groups (broad SMARTS) is 1. The third-order valence-electron chi connectivity index (χ3n) is 3.79. The summed E-state index contributed by atoms with van der Waals surface area (Å²) in [6.07, 6.45) is 0.571. The number of carboxylic acids is 1. The summed E-state index contributed by atoms with van der Waals surface area (Å²) in [5, 5.41) is 9.19. The van der Waals surface area contributed by atoms with E-state index in [1.54, 1.807) is 27.7 Å². The van der Waals surface area contributed by atoms with Gasteiger partial charge in [-0.25, -0.2) is 8.42 Å². The molecule has 0 atom stereocenters. The van der Waals surface area contributed by atoms with E-state index in [0.29, 0.717) is 13.0 Å². The largest absolute Gasteiger partial charge is 0.481 e. The van der Waals surface area contributed by atoms with Gasteiger partial charge in [-0.15, -0.1) is 0 Å². The Balaban J connectivity index is 3.17. The molecule has 0 aromatic rings. The van der Waals surface area contributed by atoms with Gasteiger partial charge >= 0.3 is 5.97 Å². The number of hydrogen-bond donors (Lipinski definition) is 1. The maximum atomic E-state index is 11.8. The molecule has 1 rings (SSSR count). The fourth-order valence-corrected chi connectivity index (χ4v) is 3.89. The number of nitrogens with zero attached hydrogens (tertiary/aromatic N) is 1. The van der Waals surface area contributed by atoms with Gasteiger partial charge in [0.1, 0.15) is 0 Å². The zero-order valence-electron chi connectivity index (χ0n) is 10.1. The number of hydrogen-bond acceptors (Lipinski definition) is 3. The van der Waals surface area contributed by atoms with Crippen molar-refractivity contribution in [3.63, 3.8) is 0 Å². The third-order valence-corrected chi connectivity index (χ3v) is 5.90. The molecule has 0 spiro atoms. The van der Waals surface area contributed by atoms with E-state index in [0.717, 1.165) is 0 Å². The first-order valence-electron chi connectivity index (χ1n) is 5.27. The lowest BCUT2D eigenvalue weighted by Crippen LogP contribution is -2.57. The lowest BCUT2D eigenvalue weighted by Gasteiger charge is -2.43. The van der Waals surface area contributed by atoms with Crippen molar-refractivity contribution in [2.24, 2.45) is 5.41 Å². The quantitative estimate of drug-likeness (QED) is 0.806.